The van der Waals surface area contributed by atoms with Gasteiger partial charge in [-0.15, -0.1) is 18.2 Å². The molecule has 5 rings (SSSR count). The number of unbranched alkanes of at least 4 members (excludes halogenated alkanes) is 2. The second-order valence-electron chi connectivity index (χ2n) is 14.9. The third-order valence-corrected chi connectivity index (χ3v) is 11.3. The zero-order chi connectivity index (χ0) is 42.9. The number of non-ortho nitro benzene ring substituents is 1. The molecule has 15 nitrogen and oxygen atoms in total. The number of alkyl halides is 1. The van der Waals surface area contributed by atoms with Gasteiger partial charge in [-0.25, -0.2) is 4.79 Å². The minimum absolute atomic E-state index is 0.000361. The van der Waals surface area contributed by atoms with E-state index in [-0.39, 0.29) is 102 Å². The zero-order valence-electron chi connectivity index (χ0n) is 34.0. The number of carbonyl (C=O) groups is 1. The Balaban J connectivity index is 1.75. The van der Waals surface area contributed by atoms with Gasteiger partial charge in [-0.2, -0.15) is 0 Å². The quantitative estimate of drug-likeness (QED) is 0.0300. The van der Waals surface area contributed by atoms with E-state index in [2.05, 4.69) is 19.2 Å². The van der Waals surface area contributed by atoms with E-state index in [9.17, 15) is 30.2 Å². The normalized spacial score (nSPS) is 23.4. The van der Waals surface area contributed by atoms with Crippen LogP contribution in [0.5, 0.6) is 11.5 Å². The summed E-state index contributed by atoms with van der Waals surface area (Å²) in [5.41, 5.74) is 2.88. The van der Waals surface area contributed by atoms with Crippen molar-refractivity contribution in [1.82, 2.24) is 4.90 Å². The third-order valence-electron chi connectivity index (χ3n) is 11.2. The summed E-state index contributed by atoms with van der Waals surface area (Å²) < 4.78 is 31.6. The highest BCUT2D eigenvalue weighted by Crippen LogP contribution is 2.62. The fraction of sp³-hybridized carbons (Fsp3) is 0.545. The first kappa shape index (κ1) is 46.6. The number of oxime groups is 1. The van der Waals surface area contributed by atoms with E-state index in [4.69, 9.17) is 45.3 Å². The number of ether oxygens (including phenoxy) is 5. The summed E-state index contributed by atoms with van der Waals surface area (Å²) in [6.45, 7) is 8.13. The van der Waals surface area contributed by atoms with Gasteiger partial charge in [-0.3, -0.25) is 15.0 Å². The smallest absolute Gasteiger partial charge is 0.410 e. The van der Waals surface area contributed by atoms with Gasteiger partial charge < -0.3 is 43.8 Å². The first-order valence-electron chi connectivity index (χ1n) is 20.6. The van der Waals surface area contributed by atoms with Crippen LogP contribution in [0.1, 0.15) is 62.0 Å². The second-order valence-corrected chi connectivity index (χ2v) is 15.3. The van der Waals surface area contributed by atoms with Crippen LogP contribution in [0, 0.1) is 27.9 Å². The molecule has 1 aliphatic heterocycles. The summed E-state index contributed by atoms with van der Waals surface area (Å²) in [6, 6.07) is 10.8. The Morgan fingerprint density at radius 3 is 2.43 bits per heavy atom. The van der Waals surface area contributed by atoms with Crippen LogP contribution in [-0.2, 0) is 25.7 Å². The van der Waals surface area contributed by atoms with Crippen molar-refractivity contribution in [3.8, 4) is 11.5 Å². The Hall–Kier alpha value is -4.51. The number of allylic oxidation sites excluding steroid dienone is 1. The largest absolute Gasteiger partial charge is 0.490 e. The Morgan fingerprint density at radius 2 is 1.75 bits per heavy atom. The Kier molecular flexibility index (Phi) is 18.2. The Labute approximate surface area is 356 Å². The molecule has 1 heterocycles. The number of aliphatic hydroxyl groups is 3. The molecule has 3 aliphatic rings. The van der Waals surface area contributed by atoms with Gasteiger partial charge in [-0.05, 0) is 79.0 Å². The number of nitrogens with zero attached hydrogens (tertiary/aromatic N) is 3. The van der Waals surface area contributed by atoms with Crippen molar-refractivity contribution in [2.24, 2.45) is 22.9 Å². The van der Waals surface area contributed by atoms with Crippen molar-refractivity contribution < 1.29 is 53.6 Å². The van der Waals surface area contributed by atoms with E-state index < -0.39 is 28.8 Å². The summed E-state index contributed by atoms with van der Waals surface area (Å²) in [7, 11) is 0. The predicted octanol–water partition coefficient (Wildman–Crippen LogP) is 6.68. The van der Waals surface area contributed by atoms with Crippen molar-refractivity contribution in [3.05, 3.63) is 101 Å². The minimum Gasteiger partial charge on any atom is -0.490 e. The molecule has 16 heteroatoms. The number of fused-ring (bicyclic) bond motifs is 2. The molecule has 0 bridgehead atoms. The van der Waals surface area contributed by atoms with Crippen molar-refractivity contribution in [2.45, 2.75) is 69.3 Å². The maximum absolute atomic E-state index is 14.2. The monoisotopic (exact) mass is 855 g/mol. The molecule has 1 amide bonds. The van der Waals surface area contributed by atoms with Crippen LogP contribution in [0.25, 0.3) is 0 Å². The molecule has 0 saturated heterocycles. The number of hydrogen-bond acceptors (Lipinski definition) is 13. The molecule has 0 radical (unpaired) electrons. The molecule has 2 aliphatic carbocycles. The summed E-state index contributed by atoms with van der Waals surface area (Å²) in [4.78, 5) is 32.6. The number of aliphatic hydroxyl groups excluding tert-OH is 3. The van der Waals surface area contributed by atoms with Crippen LogP contribution < -0.4 is 9.47 Å². The molecule has 2 aromatic carbocycles. The molecule has 3 N–H and O–H groups in total. The SMILES string of the molecule is C=CCOc1ccc2c(c1)[C@H]1[C@H](CCCCO)[C@@H](CCCCO)C=C3C(=NOCc4ccc([N+](=O)[O-])cc4)C[C@H](N(CCOCCO)C(=O)OCCCl)[C@@](OCC=C)(O2)[C@H]31. The number of amides is 1. The van der Waals surface area contributed by atoms with E-state index in [0.29, 0.717) is 35.6 Å². The predicted molar refractivity (Wildman–Crippen MR) is 225 cm³/mol. The Morgan fingerprint density at radius 1 is 1.00 bits per heavy atom. The van der Waals surface area contributed by atoms with Crippen molar-refractivity contribution in [3.63, 3.8) is 0 Å². The van der Waals surface area contributed by atoms with Crippen molar-refractivity contribution >= 4 is 29.1 Å². The highest BCUT2D eigenvalue weighted by molar-refractivity contribution is 6.18. The van der Waals surface area contributed by atoms with Crippen molar-refractivity contribution in [2.75, 3.05) is 65.3 Å². The lowest BCUT2D eigenvalue weighted by molar-refractivity contribution is -0.384. The van der Waals surface area contributed by atoms with Gasteiger partial charge in [0.1, 0.15) is 37.4 Å². The first-order chi connectivity index (χ1) is 29.3. The number of nitro benzene ring substituents is 1. The molecule has 0 unspecified atom stereocenters. The van der Waals surface area contributed by atoms with Crippen LogP contribution in [0.2, 0.25) is 0 Å². The topological polar surface area (TPSA) is 192 Å². The summed E-state index contributed by atoms with van der Waals surface area (Å²) in [5.74, 6) is -1.19. The molecule has 60 heavy (non-hydrogen) atoms. The molecule has 0 aromatic heterocycles. The number of benzene rings is 2. The van der Waals surface area contributed by atoms with E-state index >= 15 is 0 Å². The van der Waals surface area contributed by atoms with Crippen LogP contribution in [-0.4, -0.2) is 114 Å². The molecular formula is C44H58ClN3O12. The highest BCUT2D eigenvalue weighted by Gasteiger charge is 2.65. The molecule has 1 fully saturated rings. The number of rotatable bonds is 26. The highest BCUT2D eigenvalue weighted by atomic mass is 35.5. The standard InChI is InChI=1S/C44H58ClN3O12/c1-3-22-56-34-15-16-39-37(28-34)41-35(10-6-8-20-50)32(9-5-7-19-49)27-36-38(46-59-30-31-11-13-33(14-12-31)48(53)54)29-40(44(60-39,42(36)41)58-23-4-2)47(18-25-55-26-21-51)43(52)57-24-17-45/h3-4,11-16,27-28,32,35,40-42,49-51H,1-2,5-10,17-26,29-30H2/t32-,35+,40-,41+,42+,44+/m0/s1. The number of carbonyl (C=O) groups excluding carboxylic acids is 1. The maximum atomic E-state index is 14.2. The molecule has 2 aromatic rings. The molecular weight excluding hydrogens is 798 g/mol. The lowest BCUT2D eigenvalue weighted by Gasteiger charge is -2.59. The van der Waals surface area contributed by atoms with Crippen molar-refractivity contribution in [1.29, 1.82) is 0 Å². The van der Waals surface area contributed by atoms with Gasteiger partial charge in [0.05, 0.1) is 48.9 Å². The van der Waals surface area contributed by atoms with E-state index in [0.717, 1.165) is 36.8 Å². The molecule has 0 spiro atoms. The first-order valence-corrected chi connectivity index (χ1v) is 21.2. The summed E-state index contributed by atoms with van der Waals surface area (Å²) in [6.07, 6.45) is 9.21. The third kappa shape index (κ3) is 11.2. The van der Waals surface area contributed by atoms with E-state index in [1.807, 2.05) is 18.2 Å². The average Bonchev–Trinajstić information content (AvgIpc) is 3.25. The number of nitro groups is 1. The minimum atomic E-state index is -1.54. The summed E-state index contributed by atoms with van der Waals surface area (Å²) in [5, 5.41) is 45.3. The fourth-order valence-electron chi connectivity index (χ4n) is 8.70. The average molecular weight is 856 g/mol. The number of hydrogen-bond donors (Lipinski definition) is 3. The lowest BCUT2D eigenvalue weighted by Crippen LogP contribution is -2.70. The van der Waals surface area contributed by atoms with Gasteiger partial charge in [0.2, 0.25) is 5.79 Å². The van der Waals surface area contributed by atoms with Gasteiger partial charge >= 0.3 is 6.09 Å². The van der Waals surface area contributed by atoms with Crippen LogP contribution in [0.3, 0.4) is 0 Å². The van der Waals surface area contributed by atoms with Gasteiger partial charge in [0.25, 0.3) is 5.69 Å². The Bertz CT molecular complexity index is 1790. The summed E-state index contributed by atoms with van der Waals surface area (Å²) >= 11 is 6.01. The van der Waals surface area contributed by atoms with Crippen LogP contribution in [0.15, 0.2) is 84.6 Å². The van der Waals surface area contributed by atoms with Gasteiger partial charge in [-0.1, -0.05) is 42.8 Å². The zero-order valence-corrected chi connectivity index (χ0v) is 34.8. The fourth-order valence-corrected chi connectivity index (χ4v) is 8.78. The van der Waals surface area contributed by atoms with Crippen LogP contribution in [0.4, 0.5) is 10.5 Å². The lowest BCUT2D eigenvalue weighted by atomic mass is 9.55. The van der Waals surface area contributed by atoms with E-state index in [1.165, 1.54) is 17.0 Å². The maximum Gasteiger partial charge on any atom is 0.410 e. The molecule has 1 saturated carbocycles. The van der Waals surface area contributed by atoms with E-state index in [1.54, 1.807) is 24.3 Å². The second kappa shape index (κ2) is 23.5. The number of halogens is 1. The van der Waals surface area contributed by atoms with Crippen LogP contribution >= 0.6 is 11.6 Å². The molecule has 328 valence electrons. The molecule has 6 atom stereocenters. The van der Waals surface area contributed by atoms with Gasteiger partial charge in [0, 0.05) is 49.8 Å². The van der Waals surface area contributed by atoms with Gasteiger partial charge in [0.15, 0.2) is 0 Å².